The standard InChI is InChI=1S/C16H31N5O/c1-4-22-14-8-6-10-20-16(17-3)19-9-5-7-12-21-13-11-18-15(21)2/h11,13H,4-10,12,14H2,1-3H3,(H2,17,19,20). The second-order valence-corrected chi connectivity index (χ2v) is 5.20. The number of unbranched alkanes of at least 4 members (excludes halogenated alkanes) is 2. The average Bonchev–Trinajstić information content (AvgIpc) is 2.93. The van der Waals surface area contributed by atoms with Gasteiger partial charge in [0, 0.05) is 52.3 Å². The molecule has 0 spiro atoms. The van der Waals surface area contributed by atoms with Gasteiger partial charge in [0.2, 0.25) is 0 Å². The van der Waals surface area contributed by atoms with Crippen molar-refractivity contribution in [1.29, 1.82) is 0 Å². The van der Waals surface area contributed by atoms with Crippen LogP contribution in [0.3, 0.4) is 0 Å². The van der Waals surface area contributed by atoms with Gasteiger partial charge >= 0.3 is 0 Å². The summed E-state index contributed by atoms with van der Waals surface area (Å²) < 4.78 is 7.50. The van der Waals surface area contributed by atoms with Gasteiger partial charge in [-0.25, -0.2) is 4.98 Å². The third kappa shape index (κ3) is 8.02. The first-order valence-corrected chi connectivity index (χ1v) is 8.28. The predicted octanol–water partition coefficient (Wildman–Crippen LogP) is 1.95. The Labute approximate surface area is 134 Å². The van der Waals surface area contributed by atoms with Crippen LogP contribution in [-0.2, 0) is 11.3 Å². The molecule has 0 saturated carbocycles. The summed E-state index contributed by atoms with van der Waals surface area (Å²) in [6.07, 6.45) is 8.32. The minimum atomic E-state index is 0.801. The van der Waals surface area contributed by atoms with Crippen LogP contribution in [0, 0.1) is 6.92 Å². The maximum atomic E-state index is 5.32. The summed E-state index contributed by atoms with van der Waals surface area (Å²) >= 11 is 0. The summed E-state index contributed by atoms with van der Waals surface area (Å²) in [5.41, 5.74) is 0. The van der Waals surface area contributed by atoms with E-state index in [2.05, 4.69) is 25.2 Å². The number of imidazole rings is 1. The fourth-order valence-corrected chi connectivity index (χ4v) is 2.15. The Morgan fingerprint density at radius 3 is 2.55 bits per heavy atom. The zero-order valence-electron chi connectivity index (χ0n) is 14.3. The molecule has 0 aliphatic heterocycles. The first-order chi connectivity index (χ1) is 10.8. The fourth-order valence-electron chi connectivity index (χ4n) is 2.15. The molecule has 1 rings (SSSR count). The van der Waals surface area contributed by atoms with E-state index in [-0.39, 0.29) is 0 Å². The van der Waals surface area contributed by atoms with E-state index in [1.807, 2.05) is 33.3 Å². The van der Waals surface area contributed by atoms with E-state index in [1.54, 1.807) is 0 Å². The van der Waals surface area contributed by atoms with Gasteiger partial charge in [-0.2, -0.15) is 0 Å². The number of aryl methyl sites for hydroxylation is 2. The zero-order chi connectivity index (χ0) is 16.0. The fraction of sp³-hybridized carbons (Fsp3) is 0.750. The normalized spacial score (nSPS) is 11.7. The zero-order valence-corrected chi connectivity index (χ0v) is 14.3. The lowest BCUT2D eigenvalue weighted by Gasteiger charge is -2.12. The van der Waals surface area contributed by atoms with Crippen molar-refractivity contribution in [3.8, 4) is 0 Å². The molecule has 0 unspecified atom stereocenters. The number of nitrogens with zero attached hydrogens (tertiary/aromatic N) is 3. The summed E-state index contributed by atoms with van der Waals surface area (Å²) in [7, 11) is 1.81. The van der Waals surface area contributed by atoms with Gasteiger partial charge in [0.25, 0.3) is 0 Å². The summed E-state index contributed by atoms with van der Waals surface area (Å²) in [5.74, 6) is 1.97. The molecule has 1 aromatic rings. The topological polar surface area (TPSA) is 63.5 Å². The van der Waals surface area contributed by atoms with Crippen molar-refractivity contribution in [2.45, 2.75) is 46.1 Å². The van der Waals surface area contributed by atoms with E-state index < -0.39 is 0 Å². The molecule has 6 heteroatoms. The SMILES string of the molecule is CCOCCCCNC(=NC)NCCCCn1ccnc1C. The molecule has 0 amide bonds. The lowest BCUT2D eigenvalue weighted by Crippen LogP contribution is -2.38. The molecule has 1 heterocycles. The van der Waals surface area contributed by atoms with Crippen molar-refractivity contribution in [3.63, 3.8) is 0 Å². The molecule has 22 heavy (non-hydrogen) atoms. The maximum absolute atomic E-state index is 5.32. The highest BCUT2D eigenvalue weighted by molar-refractivity contribution is 5.79. The molecule has 0 aliphatic carbocycles. The minimum absolute atomic E-state index is 0.801. The Balaban J connectivity index is 2.00. The number of hydrogen-bond donors (Lipinski definition) is 2. The van der Waals surface area contributed by atoms with Crippen molar-refractivity contribution in [2.24, 2.45) is 4.99 Å². The van der Waals surface area contributed by atoms with Gasteiger partial charge in [0.05, 0.1) is 0 Å². The van der Waals surface area contributed by atoms with Crippen molar-refractivity contribution >= 4 is 5.96 Å². The minimum Gasteiger partial charge on any atom is -0.382 e. The van der Waals surface area contributed by atoms with Gasteiger partial charge in [0.15, 0.2) is 5.96 Å². The molecule has 6 nitrogen and oxygen atoms in total. The highest BCUT2D eigenvalue weighted by Crippen LogP contribution is 1.99. The molecule has 0 atom stereocenters. The third-order valence-corrected chi connectivity index (χ3v) is 3.48. The van der Waals surface area contributed by atoms with Gasteiger partial charge in [-0.1, -0.05) is 0 Å². The number of hydrogen-bond acceptors (Lipinski definition) is 3. The molecule has 0 radical (unpaired) electrons. The van der Waals surface area contributed by atoms with E-state index in [0.717, 1.165) is 70.3 Å². The Bertz CT molecular complexity index is 416. The van der Waals surface area contributed by atoms with Crippen LogP contribution >= 0.6 is 0 Å². The van der Waals surface area contributed by atoms with Crippen LogP contribution in [0.25, 0.3) is 0 Å². The molecular formula is C16H31N5O. The lowest BCUT2D eigenvalue weighted by molar-refractivity contribution is 0.143. The van der Waals surface area contributed by atoms with E-state index >= 15 is 0 Å². The quantitative estimate of drug-likeness (QED) is 0.372. The third-order valence-electron chi connectivity index (χ3n) is 3.48. The number of aliphatic imine (C=N–C) groups is 1. The van der Waals surface area contributed by atoms with E-state index in [0.29, 0.717) is 0 Å². The summed E-state index contributed by atoms with van der Waals surface area (Å²) in [6, 6.07) is 0. The molecule has 1 aromatic heterocycles. The van der Waals surface area contributed by atoms with E-state index in [1.165, 1.54) is 0 Å². The summed E-state index contributed by atoms with van der Waals surface area (Å²) in [4.78, 5) is 8.46. The monoisotopic (exact) mass is 309 g/mol. The van der Waals surface area contributed by atoms with Crippen LogP contribution in [0.1, 0.15) is 38.4 Å². The van der Waals surface area contributed by atoms with Crippen LogP contribution < -0.4 is 10.6 Å². The largest absolute Gasteiger partial charge is 0.382 e. The number of aromatic nitrogens is 2. The molecule has 2 N–H and O–H groups in total. The molecule has 0 aromatic carbocycles. The van der Waals surface area contributed by atoms with Crippen molar-refractivity contribution in [2.75, 3.05) is 33.4 Å². The van der Waals surface area contributed by atoms with E-state index in [9.17, 15) is 0 Å². The van der Waals surface area contributed by atoms with Gasteiger partial charge in [-0.15, -0.1) is 0 Å². The smallest absolute Gasteiger partial charge is 0.190 e. The second kappa shape index (κ2) is 12.0. The van der Waals surface area contributed by atoms with Gasteiger partial charge < -0.3 is 19.9 Å². The highest BCUT2D eigenvalue weighted by Gasteiger charge is 1.98. The molecule has 0 fully saturated rings. The van der Waals surface area contributed by atoms with Crippen LogP contribution in [0.5, 0.6) is 0 Å². The van der Waals surface area contributed by atoms with Crippen LogP contribution in [0.2, 0.25) is 0 Å². The molecule has 0 saturated heterocycles. The summed E-state index contributed by atoms with van der Waals surface area (Å²) in [6.45, 7) is 8.60. The first kappa shape index (κ1) is 18.5. The van der Waals surface area contributed by atoms with Crippen molar-refractivity contribution < 1.29 is 4.74 Å². The van der Waals surface area contributed by atoms with Gasteiger partial charge in [-0.3, -0.25) is 4.99 Å². The average molecular weight is 309 g/mol. The Hall–Kier alpha value is -1.56. The lowest BCUT2D eigenvalue weighted by atomic mass is 10.3. The van der Waals surface area contributed by atoms with Crippen molar-refractivity contribution in [3.05, 3.63) is 18.2 Å². The highest BCUT2D eigenvalue weighted by atomic mass is 16.5. The number of guanidine groups is 1. The van der Waals surface area contributed by atoms with Gasteiger partial charge in [0.1, 0.15) is 5.82 Å². The number of ether oxygens (including phenoxy) is 1. The number of nitrogens with one attached hydrogen (secondary N) is 2. The number of rotatable bonds is 11. The molecule has 126 valence electrons. The van der Waals surface area contributed by atoms with Crippen LogP contribution in [0.15, 0.2) is 17.4 Å². The van der Waals surface area contributed by atoms with E-state index in [4.69, 9.17) is 4.74 Å². The summed E-state index contributed by atoms with van der Waals surface area (Å²) in [5, 5.41) is 6.68. The Kier molecular flexibility index (Phi) is 10.1. The molecular weight excluding hydrogens is 278 g/mol. The van der Waals surface area contributed by atoms with Crippen molar-refractivity contribution in [1.82, 2.24) is 20.2 Å². The Morgan fingerprint density at radius 1 is 1.23 bits per heavy atom. The maximum Gasteiger partial charge on any atom is 0.190 e. The van der Waals surface area contributed by atoms with Crippen LogP contribution in [-0.4, -0.2) is 48.9 Å². The molecule has 0 bridgehead atoms. The predicted molar refractivity (Wildman–Crippen MR) is 91.3 cm³/mol. The first-order valence-electron chi connectivity index (χ1n) is 8.28. The van der Waals surface area contributed by atoms with Gasteiger partial charge in [-0.05, 0) is 39.5 Å². The van der Waals surface area contributed by atoms with Crippen LogP contribution in [0.4, 0.5) is 0 Å². The Morgan fingerprint density at radius 2 is 1.95 bits per heavy atom. The second-order valence-electron chi connectivity index (χ2n) is 5.20. The molecule has 0 aliphatic rings.